The summed E-state index contributed by atoms with van der Waals surface area (Å²) >= 11 is 0. The van der Waals surface area contributed by atoms with E-state index in [0.717, 1.165) is 6.42 Å². The average molecular weight is 352 g/mol. The number of amides is 2. The molecule has 0 unspecified atom stereocenters. The minimum atomic E-state index is -0.310. The third-order valence-electron chi connectivity index (χ3n) is 4.50. The summed E-state index contributed by atoms with van der Waals surface area (Å²) in [6.45, 7) is 5.68. The number of hydrogen-bond acceptors (Lipinski definition) is 3. The van der Waals surface area contributed by atoms with Gasteiger partial charge in [0.15, 0.2) is 0 Å². The van der Waals surface area contributed by atoms with Crippen molar-refractivity contribution in [2.75, 3.05) is 13.1 Å². The third-order valence-corrected chi connectivity index (χ3v) is 4.50. The molecule has 5 heteroatoms. The molecule has 1 aliphatic heterocycles. The summed E-state index contributed by atoms with van der Waals surface area (Å²) in [4.78, 5) is 27.4. The van der Waals surface area contributed by atoms with Crippen LogP contribution in [0.15, 0.2) is 58.8 Å². The van der Waals surface area contributed by atoms with Gasteiger partial charge in [-0.25, -0.2) is 0 Å². The number of piperidine rings is 1. The molecule has 5 nitrogen and oxygen atoms in total. The first-order valence-corrected chi connectivity index (χ1v) is 8.94. The average Bonchev–Trinajstić information content (AvgIpc) is 3.13. The van der Waals surface area contributed by atoms with Crippen LogP contribution in [0.1, 0.15) is 36.4 Å². The van der Waals surface area contributed by atoms with Gasteiger partial charge < -0.3 is 14.6 Å². The third kappa shape index (κ3) is 4.42. The van der Waals surface area contributed by atoms with Crippen molar-refractivity contribution in [1.82, 2.24) is 10.2 Å². The number of carbonyl (C=O) groups is 2. The van der Waals surface area contributed by atoms with E-state index in [0.29, 0.717) is 36.2 Å². The molecule has 2 aromatic rings. The van der Waals surface area contributed by atoms with Gasteiger partial charge in [0.05, 0.1) is 6.26 Å². The van der Waals surface area contributed by atoms with Crippen LogP contribution in [0, 0.1) is 11.8 Å². The monoisotopic (exact) mass is 352 g/mol. The zero-order chi connectivity index (χ0) is 18.5. The summed E-state index contributed by atoms with van der Waals surface area (Å²) < 4.78 is 5.33. The van der Waals surface area contributed by atoms with Crippen LogP contribution in [0.25, 0.3) is 6.08 Å². The summed E-state index contributed by atoms with van der Waals surface area (Å²) in [5.74, 6) is 0.925. The summed E-state index contributed by atoms with van der Waals surface area (Å²) in [7, 11) is 0. The fourth-order valence-electron chi connectivity index (χ4n) is 3.45. The molecule has 136 valence electrons. The smallest absolute Gasteiger partial charge is 0.270 e. The number of hydrogen-bond donors (Lipinski definition) is 1. The molecule has 2 atom stereocenters. The zero-order valence-corrected chi connectivity index (χ0v) is 15.1. The highest BCUT2D eigenvalue weighted by molar-refractivity contribution is 6.05. The van der Waals surface area contributed by atoms with E-state index in [4.69, 9.17) is 4.42 Å². The Kier molecular flexibility index (Phi) is 5.56. The standard InChI is InChI=1S/C21H24N2O3/c1-15-11-16(2)14-23(13-15)21(25)19(12-18-9-6-10-26-18)22-20(24)17-7-4-3-5-8-17/h3-10,12,15-16H,11,13-14H2,1-2H3,(H,22,24)/b19-12+/t15-,16-/m1/s1. The van der Waals surface area contributed by atoms with Crippen molar-refractivity contribution in [1.29, 1.82) is 0 Å². The maximum absolute atomic E-state index is 13.1. The molecule has 1 N–H and O–H groups in total. The van der Waals surface area contributed by atoms with Gasteiger partial charge >= 0.3 is 0 Å². The van der Waals surface area contributed by atoms with Crippen LogP contribution in [-0.4, -0.2) is 29.8 Å². The van der Waals surface area contributed by atoms with Gasteiger partial charge in [-0.3, -0.25) is 9.59 Å². The second kappa shape index (κ2) is 8.04. The van der Waals surface area contributed by atoms with Crippen molar-refractivity contribution in [2.45, 2.75) is 20.3 Å². The van der Waals surface area contributed by atoms with E-state index in [1.54, 1.807) is 42.5 Å². The van der Waals surface area contributed by atoms with Crippen molar-refractivity contribution >= 4 is 17.9 Å². The fourth-order valence-corrected chi connectivity index (χ4v) is 3.45. The Bertz CT molecular complexity index is 771. The number of benzene rings is 1. The molecule has 1 saturated heterocycles. The Morgan fingerprint density at radius 1 is 1.08 bits per heavy atom. The molecule has 1 fully saturated rings. The second-order valence-electron chi connectivity index (χ2n) is 7.05. The lowest BCUT2D eigenvalue weighted by Crippen LogP contribution is -2.45. The molecular weight excluding hydrogens is 328 g/mol. The quantitative estimate of drug-likeness (QED) is 0.856. The van der Waals surface area contributed by atoms with Crippen LogP contribution in [-0.2, 0) is 4.79 Å². The number of nitrogens with zero attached hydrogens (tertiary/aromatic N) is 1. The topological polar surface area (TPSA) is 62.6 Å². The maximum Gasteiger partial charge on any atom is 0.270 e. The molecule has 2 heterocycles. The van der Waals surface area contributed by atoms with E-state index in [1.165, 1.54) is 6.26 Å². The number of nitrogens with one attached hydrogen (secondary N) is 1. The van der Waals surface area contributed by atoms with E-state index in [9.17, 15) is 9.59 Å². The summed E-state index contributed by atoms with van der Waals surface area (Å²) in [5.41, 5.74) is 0.737. The Morgan fingerprint density at radius 2 is 1.77 bits per heavy atom. The minimum Gasteiger partial charge on any atom is -0.465 e. The molecule has 0 saturated carbocycles. The van der Waals surface area contributed by atoms with Crippen LogP contribution in [0.2, 0.25) is 0 Å². The van der Waals surface area contributed by atoms with Crippen molar-refractivity contribution in [3.63, 3.8) is 0 Å². The maximum atomic E-state index is 13.1. The van der Waals surface area contributed by atoms with E-state index in [-0.39, 0.29) is 17.5 Å². The predicted molar refractivity (Wildman–Crippen MR) is 100 cm³/mol. The molecular formula is C21H24N2O3. The van der Waals surface area contributed by atoms with Gasteiger partial charge in [0, 0.05) is 24.7 Å². The highest BCUT2D eigenvalue weighted by Gasteiger charge is 2.28. The predicted octanol–water partition coefficient (Wildman–Crippen LogP) is 3.56. The highest BCUT2D eigenvalue weighted by atomic mass is 16.3. The molecule has 1 aromatic carbocycles. The normalized spacial score (nSPS) is 20.7. The van der Waals surface area contributed by atoms with Gasteiger partial charge in [-0.15, -0.1) is 0 Å². The first-order valence-electron chi connectivity index (χ1n) is 8.94. The van der Waals surface area contributed by atoms with Gasteiger partial charge in [-0.05, 0) is 42.5 Å². The number of carbonyl (C=O) groups excluding carboxylic acids is 2. The largest absolute Gasteiger partial charge is 0.465 e. The number of rotatable bonds is 4. The Balaban J connectivity index is 1.84. The van der Waals surface area contributed by atoms with Crippen LogP contribution in [0.5, 0.6) is 0 Å². The molecule has 0 radical (unpaired) electrons. The molecule has 1 aliphatic rings. The number of furan rings is 1. The van der Waals surface area contributed by atoms with Gasteiger partial charge in [0.2, 0.25) is 0 Å². The van der Waals surface area contributed by atoms with E-state index >= 15 is 0 Å². The van der Waals surface area contributed by atoms with Gasteiger partial charge in [0.25, 0.3) is 11.8 Å². The van der Waals surface area contributed by atoms with Crippen molar-refractivity contribution in [3.05, 3.63) is 65.7 Å². The van der Waals surface area contributed by atoms with Crippen LogP contribution < -0.4 is 5.32 Å². The van der Waals surface area contributed by atoms with Crippen molar-refractivity contribution < 1.29 is 14.0 Å². The Hall–Kier alpha value is -2.82. The first-order chi connectivity index (χ1) is 12.5. The lowest BCUT2D eigenvalue weighted by atomic mass is 9.91. The molecule has 3 rings (SSSR count). The number of likely N-dealkylation sites (tertiary alicyclic amines) is 1. The Labute approximate surface area is 153 Å². The summed E-state index contributed by atoms with van der Waals surface area (Å²) in [6.07, 6.45) is 4.24. The highest BCUT2D eigenvalue weighted by Crippen LogP contribution is 2.22. The van der Waals surface area contributed by atoms with Gasteiger partial charge in [0.1, 0.15) is 11.5 Å². The molecule has 2 amide bonds. The van der Waals surface area contributed by atoms with Crippen LogP contribution in [0.3, 0.4) is 0 Å². The van der Waals surface area contributed by atoms with E-state index in [2.05, 4.69) is 19.2 Å². The van der Waals surface area contributed by atoms with Crippen LogP contribution >= 0.6 is 0 Å². The molecule has 26 heavy (non-hydrogen) atoms. The molecule has 0 aliphatic carbocycles. The first kappa shape index (κ1) is 18.0. The van der Waals surface area contributed by atoms with Crippen molar-refractivity contribution in [2.24, 2.45) is 11.8 Å². The molecule has 0 bridgehead atoms. The lowest BCUT2D eigenvalue weighted by molar-refractivity contribution is -0.130. The van der Waals surface area contributed by atoms with Crippen LogP contribution in [0.4, 0.5) is 0 Å². The molecule has 1 aromatic heterocycles. The second-order valence-corrected chi connectivity index (χ2v) is 7.05. The van der Waals surface area contributed by atoms with Crippen molar-refractivity contribution in [3.8, 4) is 0 Å². The summed E-state index contributed by atoms with van der Waals surface area (Å²) in [5, 5.41) is 2.77. The zero-order valence-electron chi connectivity index (χ0n) is 15.1. The lowest BCUT2D eigenvalue weighted by Gasteiger charge is -2.35. The molecule has 0 spiro atoms. The van der Waals surface area contributed by atoms with E-state index in [1.807, 2.05) is 11.0 Å². The van der Waals surface area contributed by atoms with E-state index < -0.39 is 0 Å². The Morgan fingerprint density at radius 3 is 2.38 bits per heavy atom. The SMILES string of the molecule is C[C@@H]1C[C@@H](C)CN(C(=O)/C(=C\c2ccco2)NC(=O)c2ccccc2)C1. The minimum absolute atomic E-state index is 0.177. The van der Waals surface area contributed by atoms with Gasteiger partial charge in [-0.2, -0.15) is 0 Å². The fraction of sp³-hybridized carbons (Fsp3) is 0.333. The van der Waals surface area contributed by atoms with Gasteiger partial charge in [-0.1, -0.05) is 32.0 Å². The summed E-state index contributed by atoms with van der Waals surface area (Å²) in [6, 6.07) is 12.4.